The van der Waals surface area contributed by atoms with Crippen LogP contribution in [0.4, 0.5) is 0 Å². The quantitative estimate of drug-likeness (QED) is 0.691. The number of esters is 1. The molecule has 1 aromatic rings. The molecule has 2 atom stereocenters. The van der Waals surface area contributed by atoms with Gasteiger partial charge in [-0.1, -0.05) is 25.5 Å². The first-order valence-corrected chi connectivity index (χ1v) is 11.0. The molecule has 3 rings (SSSR count). The summed E-state index contributed by atoms with van der Waals surface area (Å²) < 4.78 is 11.4. The van der Waals surface area contributed by atoms with Crippen LogP contribution in [0.1, 0.15) is 57.9 Å². The Kier molecular flexibility index (Phi) is 7.71. The van der Waals surface area contributed by atoms with Crippen molar-refractivity contribution in [1.82, 2.24) is 10.2 Å². The Morgan fingerprint density at radius 1 is 1.17 bits per heavy atom. The van der Waals surface area contributed by atoms with Crippen molar-refractivity contribution in [3.63, 3.8) is 0 Å². The zero-order valence-corrected chi connectivity index (χ0v) is 17.9. The number of piperazine rings is 1. The summed E-state index contributed by atoms with van der Waals surface area (Å²) in [6.07, 6.45) is 4.97. The van der Waals surface area contributed by atoms with Crippen LogP contribution < -0.4 is 10.1 Å². The molecule has 1 aromatic carbocycles. The van der Waals surface area contributed by atoms with Gasteiger partial charge in [0.2, 0.25) is 5.91 Å². The fraction of sp³-hybridized carbons (Fsp3) is 0.609. The maximum atomic E-state index is 13.0. The lowest BCUT2D eigenvalue weighted by atomic mass is 9.98. The van der Waals surface area contributed by atoms with E-state index in [1.54, 1.807) is 6.92 Å². The van der Waals surface area contributed by atoms with E-state index in [4.69, 9.17) is 9.47 Å². The van der Waals surface area contributed by atoms with Crippen LogP contribution in [0.15, 0.2) is 24.3 Å². The number of hydrogen-bond donors (Lipinski definition) is 1. The first-order valence-electron chi connectivity index (χ1n) is 11.0. The van der Waals surface area contributed by atoms with Crippen molar-refractivity contribution in [3.8, 4) is 5.75 Å². The van der Waals surface area contributed by atoms with E-state index in [1.807, 2.05) is 24.3 Å². The molecule has 30 heavy (non-hydrogen) atoms. The number of amides is 2. The molecule has 2 aliphatic rings. The van der Waals surface area contributed by atoms with Crippen molar-refractivity contribution >= 4 is 17.8 Å². The predicted molar refractivity (Wildman–Crippen MR) is 112 cm³/mol. The van der Waals surface area contributed by atoms with Gasteiger partial charge in [0.1, 0.15) is 17.9 Å². The highest BCUT2D eigenvalue weighted by atomic mass is 16.5. The zero-order chi connectivity index (χ0) is 21.5. The minimum absolute atomic E-state index is 0.0737. The molecule has 1 saturated heterocycles. The molecule has 1 N–H and O–H groups in total. The van der Waals surface area contributed by atoms with Crippen LogP contribution in [0, 0.1) is 0 Å². The van der Waals surface area contributed by atoms with Crippen molar-refractivity contribution in [1.29, 1.82) is 0 Å². The van der Waals surface area contributed by atoms with E-state index in [2.05, 4.69) is 12.2 Å². The molecule has 1 aliphatic carbocycles. The Morgan fingerprint density at radius 3 is 2.53 bits per heavy atom. The number of rotatable bonds is 7. The molecule has 1 heterocycles. The van der Waals surface area contributed by atoms with Gasteiger partial charge in [-0.3, -0.25) is 14.4 Å². The molecule has 2 amide bonds. The zero-order valence-electron chi connectivity index (χ0n) is 17.9. The second-order valence-electron chi connectivity index (χ2n) is 8.05. The third kappa shape index (κ3) is 5.74. The van der Waals surface area contributed by atoms with Gasteiger partial charge in [-0.15, -0.1) is 0 Å². The smallest absolute Gasteiger partial charge is 0.308 e. The molecule has 0 radical (unpaired) electrons. The van der Waals surface area contributed by atoms with Crippen LogP contribution in [-0.4, -0.2) is 54.0 Å². The second kappa shape index (κ2) is 10.5. The first-order chi connectivity index (χ1) is 14.5. The van der Waals surface area contributed by atoms with Crippen molar-refractivity contribution < 1.29 is 23.9 Å². The van der Waals surface area contributed by atoms with E-state index in [-0.39, 0.29) is 24.3 Å². The number of aryl methyl sites for hydroxylation is 1. The number of benzene rings is 1. The van der Waals surface area contributed by atoms with Gasteiger partial charge >= 0.3 is 5.97 Å². The average molecular weight is 417 g/mol. The highest BCUT2D eigenvalue weighted by Gasteiger charge is 2.37. The van der Waals surface area contributed by atoms with Crippen molar-refractivity contribution in [3.05, 3.63) is 29.8 Å². The summed E-state index contributed by atoms with van der Waals surface area (Å²) in [7, 11) is 0. The van der Waals surface area contributed by atoms with Gasteiger partial charge in [-0.25, -0.2) is 0 Å². The summed E-state index contributed by atoms with van der Waals surface area (Å²) in [6.45, 7) is 4.44. The van der Waals surface area contributed by atoms with Crippen LogP contribution in [0.5, 0.6) is 5.75 Å². The van der Waals surface area contributed by atoms with Crippen molar-refractivity contribution in [2.24, 2.45) is 0 Å². The minimum Gasteiger partial charge on any atom is -0.481 e. The fourth-order valence-corrected chi connectivity index (χ4v) is 4.05. The molecule has 1 saturated carbocycles. The molecule has 0 bridgehead atoms. The van der Waals surface area contributed by atoms with Gasteiger partial charge in [0, 0.05) is 13.1 Å². The molecule has 0 spiro atoms. The van der Waals surface area contributed by atoms with E-state index >= 15 is 0 Å². The highest BCUT2D eigenvalue weighted by molar-refractivity contribution is 5.93. The molecular weight excluding hydrogens is 384 g/mol. The summed E-state index contributed by atoms with van der Waals surface area (Å²) in [5, 5.41) is 2.75. The molecule has 164 valence electrons. The van der Waals surface area contributed by atoms with Gasteiger partial charge < -0.3 is 19.7 Å². The normalized spacial score (nSPS) is 20.9. The topological polar surface area (TPSA) is 84.9 Å². The molecule has 7 heteroatoms. The monoisotopic (exact) mass is 416 g/mol. The fourth-order valence-electron chi connectivity index (χ4n) is 4.05. The Hall–Kier alpha value is -2.57. The third-order valence-corrected chi connectivity index (χ3v) is 5.82. The number of ether oxygens (including phenoxy) is 2. The first kappa shape index (κ1) is 22.1. The lowest BCUT2D eigenvalue weighted by molar-refractivity contribution is -0.157. The van der Waals surface area contributed by atoms with Crippen LogP contribution in [0.3, 0.4) is 0 Å². The average Bonchev–Trinajstić information content (AvgIpc) is 2.76. The van der Waals surface area contributed by atoms with Gasteiger partial charge in [0.15, 0.2) is 6.10 Å². The molecule has 7 nitrogen and oxygen atoms in total. The van der Waals surface area contributed by atoms with E-state index in [0.29, 0.717) is 18.8 Å². The minimum atomic E-state index is -0.865. The summed E-state index contributed by atoms with van der Waals surface area (Å²) in [5.41, 5.74) is 1.19. The summed E-state index contributed by atoms with van der Waals surface area (Å²) in [6, 6.07) is 6.74. The maximum absolute atomic E-state index is 13.0. The standard InChI is InChI=1S/C23H32N2O5/c1-3-17-9-11-19(12-10-17)29-16(2)23(28)25-14-13-24-22(27)20(25)15-21(26)30-18-7-5-4-6-8-18/h9-12,16,18,20H,3-8,13-15H2,1-2H3,(H,24,27)/t16-,20+/m1/s1. The van der Waals surface area contributed by atoms with Crippen molar-refractivity contribution in [2.45, 2.75) is 77.0 Å². The van der Waals surface area contributed by atoms with Gasteiger partial charge in [0.05, 0.1) is 6.42 Å². The maximum Gasteiger partial charge on any atom is 0.308 e. The van der Waals surface area contributed by atoms with Crippen LogP contribution in [0.2, 0.25) is 0 Å². The molecule has 0 unspecified atom stereocenters. The molecule has 1 aliphatic heterocycles. The number of hydrogen-bond acceptors (Lipinski definition) is 5. The van der Waals surface area contributed by atoms with Gasteiger partial charge in [-0.05, 0) is 56.7 Å². The Bertz CT molecular complexity index is 742. The number of nitrogens with zero attached hydrogens (tertiary/aromatic N) is 1. The van der Waals surface area contributed by atoms with Gasteiger partial charge in [-0.2, -0.15) is 0 Å². The number of carbonyl (C=O) groups is 3. The lowest BCUT2D eigenvalue weighted by Gasteiger charge is -2.36. The van der Waals surface area contributed by atoms with Gasteiger partial charge in [0.25, 0.3) is 5.91 Å². The largest absolute Gasteiger partial charge is 0.481 e. The van der Waals surface area contributed by atoms with Crippen LogP contribution >= 0.6 is 0 Å². The summed E-state index contributed by atoms with van der Waals surface area (Å²) in [4.78, 5) is 39.3. The summed E-state index contributed by atoms with van der Waals surface area (Å²) in [5.74, 6) is -0.456. The second-order valence-corrected chi connectivity index (χ2v) is 8.05. The molecular formula is C23H32N2O5. The lowest BCUT2D eigenvalue weighted by Crippen LogP contribution is -2.60. The van der Waals surface area contributed by atoms with Crippen LogP contribution in [-0.2, 0) is 25.5 Å². The summed E-state index contributed by atoms with van der Waals surface area (Å²) >= 11 is 0. The molecule has 0 aromatic heterocycles. The Morgan fingerprint density at radius 2 is 1.87 bits per heavy atom. The molecule has 2 fully saturated rings. The number of carbonyl (C=O) groups excluding carboxylic acids is 3. The Labute approximate surface area is 178 Å². The van der Waals surface area contributed by atoms with E-state index in [1.165, 1.54) is 16.9 Å². The van der Waals surface area contributed by atoms with E-state index < -0.39 is 18.1 Å². The van der Waals surface area contributed by atoms with E-state index in [9.17, 15) is 14.4 Å². The van der Waals surface area contributed by atoms with E-state index in [0.717, 1.165) is 32.1 Å². The van der Waals surface area contributed by atoms with Crippen LogP contribution in [0.25, 0.3) is 0 Å². The highest BCUT2D eigenvalue weighted by Crippen LogP contribution is 2.22. The number of nitrogens with one attached hydrogen (secondary N) is 1. The third-order valence-electron chi connectivity index (χ3n) is 5.82. The van der Waals surface area contributed by atoms with Crippen molar-refractivity contribution in [2.75, 3.05) is 13.1 Å². The SMILES string of the molecule is CCc1ccc(O[C@H](C)C(=O)N2CCNC(=O)[C@@H]2CC(=O)OC2CCCCC2)cc1. The Balaban J connectivity index is 1.61. The predicted octanol–water partition coefficient (Wildman–Crippen LogP) is 2.61.